The van der Waals surface area contributed by atoms with Crippen LogP contribution in [0.25, 0.3) is 11.5 Å². The quantitative estimate of drug-likeness (QED) is 0.544. The minimum absolute atomic E-state index is 0.209. The van der Waals surface area contributed by atoms with Gasteiger partial charge in [-0.25, -0.2) is 9.98 Å². The van der Waals surface area contributed by atoms with Crippen molar-refractivity contribution in [2.45, 2.75) is 38.0 Å². The molecule has 2 aromatic rings. The van der Waals surface area contributed by atoms with Gasteiger partial charge in [0.15, 0.2) is 5.96 Å². The lowest BCUT2D eigenvalue weighted by atomic mass is 9.99. The summed E-state index contributed by atoms with van der Waals surface area (Å²) in [7, 11) is 0. The van der Waals surface area contributed by atoms with Gasteiger partial charge in [-0.15, -0.1) is 0 Å². The van der Waals surface area contributed by atoms with Crippen molar-refractivity contribution in [3.63, 3.8) is 0 Å². The molecule has 1 aromatic carbocycles. The molecule has 3 rings (SSSR count). The fourth-order valence-electron chi connectivity index (χ4n) is 3.15. The molecule has 1 saturated heterocycles. The number of aliphatic imine (C=N–C) groups is 1. The molecular weight excluding hydrogens is 372 g/mol. The lowest BCUT2D eigenvalue weighted by molar-refractivity contribution is 0.0783. The van der Waals surface area contributed by atoms with Gasteiger partial charge in [0.25, 0.3) is 0 Å². The number of benzene rings is 1. The summed E-state index contributed by atoms with van der Waals surface area (Å²) in [5.74, 6) is 1.44. The van der Waals surface area contributed by atoms with Crippen LogP contribution in [0.4, 0.5) is 0 Å². The molecule has 2 N–H and O–H groups in total. The lowest BCUT2D eigenvalue weighted by Crippen LogP contribution is -2.47. The molecule has 0 aliphatic carbocycles. The second-order valence-electron chi connectivity index (χ2n) is 7.06. The Morgan fingerprint density at radius 1 is 1.21 bits per heavy atom. The van der Waals surface area contributed by atoms with Crippen LogP contribution in [0.1, 0.15) is 31.0 Å². The van der Waals surface area contributed by atoms with E-state index < -0.39 is 0 Å². The van der Waals surface area contributed by atoms with Gasteiger partial charge in [-0.3, -0.25) is 0 Å². The largest absolute Gasteiger partial charge is 0.444 e. The minimum Gasteiger partial charge on any atom is -0.444 e. The van der Waals surface area contributed by atoms with Gasteiger partial charge in [0.2, 0.25) is 5.89 Å². The van der Waals surface area contributed by atoms with Crippen molar-refractivity contribution in [2.24, 2.45) is 4.99 Å². The average molecular weight is 403 g/mol. The average Bonchev–Trinajstić information content (AvgIpc) is 3.20. The van der Waals surface area contributed by atoms with Crippen LogP contribution in [0, 0.1) is 6.92 Å². The minimum atomic E-state index is 0.209. The Morgan fingerprint density at radius 3 is 2.64 bits per heavy atom. The van der Waals surface area contributed by atoms with E-state index in [1.165, 1.54) is 5.56 Å². The Balaban J connectivity index is 1.62. The topological polar surface area (TPSA) is 71.7 Å². The van der Waals surface area contributed by atoms with Crippen molar-refractivity contribution in [2.75, 3.05) is 32.6 Å². The summed E-state index contributed by atoms with van der Waals surface area (Å²) >= 11 is 1.92. The Kier molecular flexibility index (Phi) is 7.39. The maximum absolute atomic E-state index is 5.63. The fraction of sp³-hybridized carbons (Fsp3) is 0.524. The van der Waals surface area contributed by atoms with Crippen LogP contribution < -0.4 is 10.6 Å². The number of rotatable bonds is 7. The van der Waals surface area contributed by atoms with E-state index in [4.69, 9.17) is 9.15 Å². The molecule has 1 aliphatic heterocycles. The highest BCUT2D eigenvalue weighted by molar-refractivity contribution is 8.00. The molecule has 0 amide bonds. The highest BCUT2D eigenvalue weighted by atomic mass is 32.2. The first-order chi connectivity index (χ1) is 13.6. The van der Waals surface area contributed by atoms with Crippen molar-refractivity contribution in [3.05, 3.63) is 41.8 Å². The molecule has 7 heteroatoms. The summed E-state index contributed by atoms with van der Waals surface area (Å²) in [4.78, 5) is 9.26. The second-order valence-corrected chi connectivity index (χ2v) is 8.33. The molecule has 0 saturated carbocycles. The van der Waals surface area contributed by atoms with E-state index in [1.807, 2.05) is 23.9 Å². The summed E-state index contributed by atoms with van der Waals surface area (Å²) in [5.41, 5.74) is 3.01. The zero-order valence-electron chi connectivity index (χ0n) is 17.0. The van der Waals surface area contributed by atoms with Gasteiger partial charge < -0.3 is 19.8 Å². The first kappa shape index (κ1) is 20.7. The molecule has 0 bridgehead atoms. The summed E-state index contributed by atoms with van der Waals surface area (Å²) < 4.78 is 11.4. The smallest absolute Gasteiger partial charge is 0.226 e. The summed E-state index contributed by atoms with van der Waals surface area (Å²) in [6.07, 6.45) is 5.98. The Hall–Kier alpha value is -1.99. The van der Waals surface area contributed by atoms with Crippen molar-refractivity contribution < 1.29 is 9.15 Å². The zero-order valence-corrected chi connectivity index (χ0v) is 17.8. The van der Waals surface area contributed by atoms with Gasteiger partial charge in [-0.1, -0.05) is 17.7 Å². The van der Waals surface area contributed by atoms with Crippen LogP contribution >= 0.6 is 11.8 Å². The highest BCUT2D eigenvalue weighted by Crippen LogP contribution is 2.32. The number of aromatic nitrogens is 1. The van der Waals surface area contributed by atoms with Crippen LogP contribution in [0.3, 0.4) is 0 Å². The van der Waals surface area contributed by atoms with Crippen LogP contribution in [-0.2, 0) is 11.3 Å². The molecule has 0 unspecified atom stereocenters. The molecule has 0 radical (unpaired) electrons. The number of nitrogens with one attached hydrogen (secondary N) is 2. The molecule has 28 heavy (non-hydrogen) atoms. The van der Waals surface area contributed by atoms with Crippen LogP contribution in [0.15, 0.2) is 39.9 Å². The summed E-state index contributed by atoms with van der Waals surface area (Å²) in [5, 5.41) is 6.82. The van der Waals surface area contributed by atoms with E-state index in [1.54, 1.807) is 6.26 Å². The monoisotopic (exact) mass is 402 g/mol. The number of guanidine groups is 1. The molecule has 0 spiro atoms. The Morgan fingerprint density at radius 2 is 1.96 bits per heavy atom. The van der Waals surface area contributed by atoms with Gasteiger partial charge >= 0.3 is 0 Å². The van der Waals surface area contributed by atoms with E-state index in [2.05, 4.69) is 52.8 Å². The van der Waals surface area contributed by atoms with Gasteiger partial charge in [0.05, 0.1) is 6.54 Å². The standard InChI is InChI=1S/C21H30N4O2S/c1-4-22-20(24-15-21(28-3)9-11-26-12-10-21)23-13-18-14-27-19(25-18)17-7-5-16(2)6-8-17/h5-8,14H,4,9-13,15H2,1-3H3,(H2,22,23,24). The maximum atomic E-state index is 5.63. The van der Waals surface area contributed by atoms with E-state index in [0.717, 1.165) is 56.4 Å². The molecule has 1 aromatic heterocycles. The van der Waals surface area contributed by atoms with Gasteiger partial charge in [0, 0.05) is 36.6 Å². The lowest BCUT2D eigenvalue weighted by Gasteiger charge is -2.36. The van der Waals surface area contributed by atoms with Crippen molar-refractivity contribution >= 4 is 17.7 Å². The molecule has 0 atom stereocenters. The number of thioether (sulfide) groups is 1. The molecule has 6 nitrogen and oxygen atoms in total. The second kappa shape index (κ2) is 9.98. The predicted molar refractivity (Wildman–Crippen MR) is 116 cm³/mol. The van der Waals surface area contributed by atoms with Crippen LogP contribution in [0.5, 0.6) is 0 Å². The van der Waals surface area contributed by atoms with E-state index in [-0.39, 0.29) is 4.75 Å². The molecule has 1 fully saturated rings. The first-order valence-electron chi connectivity index (χ1n) is 9.81. The fourth-order valence-corrected chi connectivity index (χ4v) is 3.94. The van der Waals surface area contributed by atoms with E-state index in [0.29, 0.717) is 12.4 Å². The van der Waals surface area contributed by atoms with E-state index >= 15 is 0 Å². The Bertz CT molecular complexity index is 767. The number of hydrogen-bond acceptors (Lipinski definition) is 5. The van der Waals surface area contributed by atoms with Crippen molar-refractivity contribution in [3.8, 4) is 11.5 Å². The number of aryl methyl sites for hydroxylation is 1. The molecular formula is C21H30N4O2S. The first-order valence-corrected chi connectivity index (χ1v) is 11.0. The van der Waals surface area contributed by atoms with Crippen molar-refractivity contribution in [1.29, 1.82) is 0 Å². The van der Waals surface area contributed by atoms with Crippen molar-refractivity contribution in [1.82, 2.24) is 15.6 Å². The predicted octanol–water partition coefficient (Wildman–Crippen LogP) is 3.62. The summed E-state index contributed by atoms with van der Waals surface area (Å²) in [6.45, 7) is 7.96. The molecule has 2 heterocycles. The van der Waals surface area contributed by atoms with E-state index in [9.17, 15) is 0 Å². The SMILES string of the molecule is CCNC(=NCc1coc(-c2ccc(C)cc2)n1)NCC1(SC)CCOCC1. The maximum Gasteiger partial charge on any atom is 0.226 e. The van der Waals surface area contributed by atoms with Crippen LogP contribution in [-0.4, -0.2) is 48.2 Å². The zero-order chi connectivity index (χ0) is 19.8. The molecule has 152 valence electrons. The number of nitrogens with zero attached hydrogens (tertiary/aromatic N) is 2. The third-order valence-electron chi connectivity index (χ3n) is 5.01. The third-order valence-corrected chi connectivity index (χ3v) is 6.43. The van der Waals surface area contributed by atoms with Gasteiger partial charge in [0.1, 0.15) is 12.0 Å². The number of hydrogen-bond donors (Lipinski definition) is 2. The van der Waals surface area contributed by atoms with Crippen LogP contribution in [0.2, 0.25) is 0 Å². The normalized spacial score (nSPS) is 16.8. The number of oxazole rings is 1. The number of ether oxygens (including phenoxy) is 1. The Labute approximate surface area is 171 Å². The van der Waals surface area contributed by atoms with Gasteiger partial charge in [-0.05, 0) is 45.1 Å². The molecule has 1 aliphatic rings. The third kappa shape index (κ3) is 5.52. The summed E-state index contributed by atoms with van der Waals surface area (Å²) in [6, 6.07) is 8.16. The highest BCUT2D eigenvalue weighted by Gasteiger charge is 2.31. The van der Waals surface area contributed by atoms with Gasteiger partial charge in [-0.2, -0.15) is 11.8 Å².